The molecule has 3 rings (SSSR count). The summed E-state index contributed by atoms with van der Waals surface area (Å²) in [5, 5.41) is 17.5. The molecule has 0 unspecified atom stereocenters. The van der Waals surface area contributed by atoms with Crippen molar-refractivity contribution < 1.29 is 9.34 Å². The first-order valence-corrected chi connectivity index (χ1v) is 7.15. The van der Waals surface area contributed by atoms with Crippen LogP contribution in [-0.2, 0) is 0 Å². The molecule has 7 heteroatoms. The van der Waals surface area contributed by atoms with E-state index in [4.69, 9.17) is 4.42 Å². The van der Waals surface area contributed by atoms with Crippen molar-refractivity contribution in [3.8, 4) is 0 Å². The number of oxazole rings is 1. The Kier molecular flexibility index (Phi) is 3.74. The first-order chi connectivity index (χ1) is 10.2. The van der Waals surface area contributed by atoms with Crippen molar-refractivity contribution in [3.63, 3.8) is 0 Å². The molecular weight excluding hydrogens is 272 g/mol. The van der Waals surface area contributed by atoms with Crippen molar-refractivity contribution in [2.45, 2.75) is 37.8 Å². The van der Waals surface area contributed by atoms with Gasteiger partial charge in [0.2, 0.25) is 0 Å². The Labute approximate surface area is 121 Å². The number of nitrogens with zero attached hydrogens (tertiary/aromatic N) is 2. The molecule has 1 fully saturated rings. The van der Waals surface area contributed by atoms with Crippen molar-refractivity contribution in [1.82, 2.24) is 10.3 Å². The van der Waals surface area contributed by atoms with E-state index < -0.39 is 4.92 Å². The molecule has 2 N–H and O–H groups in total. The number of hydrogen-bond donors (Lipinski definition) is 2. The van der Waals surface area contributed by atoms with E-state index in [1.54, 1.807) is 12.1 Å². The first kappa shape index (κ1) is 13.8. The van der Waals surface area contributed by atoms with Crippen LogP contribution in [0, 0.1) is 10.1 Å². The molecule has 1 aromatic heterocycles. The van der Waals surface area contributed by atoms with Crippen molar-refractivity contribution in [2.75, 3.05) is 12.4 Å². The maximum absolute atomic E-state index is 11.0. The highest BCUT2D eigenvalue weighted by Crippen LogP contribution is 2.29. The highest BCUT2D eigenvalue weighted by atomic mass is 16.6. The summed E-state index contributed by atoms with van der Waals surface area (Å²) in [6, 6.07) is 5.99. The lowest BCUT2D eigenvalue weighted by Gasteiger charge is -2.28. The van der Waals surface area contributed by atoms with Gasteiger partial charge in [0.25, 0.3) is 11.7 Å². The molecule has 112 valence electrons. The Morgan fingerprint density at radius 3 is 2.67 bits per heavy atom. The van der Waals surface area contributed by atoms with E-state index in [-0.39, 0.29) is 5.69 Å². The van der Waals surface area contributed by atoms with Gasteiger partial charge in [0.1, 0.15) is 0 Å². The van der Waals surface area contributed by atoms with Gasteiger partial charge in [-0.2, -0.15) is 4.98 Å². The molecule has 1 aliphatic rings. The minimum absolute atomic E-state index is 0.0248. The summed E-state index contributed by atoms with van der Waals surface area (Å²) in [7, 11) is 1.98. The zero-order valence-electron chi connectivity index (χ0n) is 11.8. The Hall–Kier alpha value is -2.15. The molecule has 1 aromatic carbocycles. The number of nitrogens with one attached hydrogen (secondary N) is 2. The molecule has 1 aliphatic carbocycles. The van der Waals surface area contributed by atoms with E-state index in [0.717, 1.165) is 25.7 Å². The normalized spacial score (nSPS) is 22.3. The fraction of sp³-hybridized carbons (Fsp3) is 0.500. The second-order valence-electron chi connectivity index (χ2n) is 5.38. The van der Waals surface area contributed by atoms with Crippen LogP contribution in [-0.4, -0.2) is 29.0 Å². The predicted octanol–water partition coefficient (Wildman–Crippen LogP) is 2.68. The van der Waals surface area contributed by atoms with Gasteiger partial charge in [-0.15, -0.1) is 0 Å². The van der Waals surface area contributed by atoms with Crippen LogP contribution in [0.2, 0.25) is 0 Å². The highest BCUT2D eigenvalue weighted by Gasteiger charge is 2.22. The monoisotopic (exact) mass is 290 g/mol. The number of aromatic nitrogens is 1. The van der Waals surface area contributed by atoms with Gasteiger partial charge in [0.15, 0.2) is 11.1 Å². The van der Waals surface area contributed by atoms with Crippen molar-refractivity contribution in [2.24, 2.45) is 0 Å². The maximum Gasteiger partial charge on any atom is 0.298 e. The summed E-state index contributed by atoms with van der Waals surface area (Å²) in [5.74, 6) is 0. The van der Waals surface area contributed by atoms with Crippen LogP contribution in [0.4, 0.5) is 11.7 Å². The third kappa shape index (κ3) is 2.82. The lowest BCUT2D eigenvalue weighted by Crippen LogP contribution is -2.35. The van der Waals surface area contributed by atoms with Crippen molar-refractivity contribution >= 4 is 22.8 Å². The smallest absolute Gasteiger partial charge is 0.298 e. The molecule has 0 bridgehead atoms. The van der Waals surface area contributed by atoms with Gasteiger partial charge in [0, 0.05) is 18.2 Å². The van der Waals surface area contributed by atoms with Gasteiger partial charge in [-0.3, -0.25) is 10.1 Å². The molecule has 0 atom stereocenters. The Morgan fingerprint density at radius 2 is 2.00 bits per heavy atom. The van der Waals surface area contributed by atoms with Gasteiger partial charge in [-0.1, -0.05) is 6.07 Å². The summed E-state index contributed by atoms with van der Waals surface area (Å²) >= 11 is 0. The fourth-order valence-electron chi connectivity index (χ4n) is 2.84. The fourth-order valence-corrected chi connectivity index (χ4v) is 2.84. The Morgan fingerprint density at radius 1 is 1.29 bits per heavy atom. The molecule has 0 amide bonds. The number of non-ortho nitro benzene ring substituents is 1. The van der Waals surface area contributed by atoms with Crippen molar-refractivity contribution in [1.29, 1.82) is 0 Å². The van der Waals surface area contributed by atoms with Crippen LogP contribution in [0.5, 0.6) is 0 Å². The number of rotatable bonds is 4. The van der Waals surface area contributed by atoms with Crippen LogP contribution in [0.1, 0.15) is 25.7 Å². The minimum atomic E-state index is -0.438. The molecule has 1 saturated carbocycles. The number of fused-ring (bicyclic) bond motifs is 1. The molecule has 0 spiro atoms. The van der Waals surface area contributed by atoms with Gasteiger partial charge in [0.05, 0.1) is 4.92 Å². The molecule has 21 heavy (non-hydrogen) atoms. The average molecular weight is 290 g/mol. The van der Waals surface area contributed by atoms with Gasteiger partial charge in [-0.25, -0.2) is 0 Å². The average Bonchev–Trinajstić information content (AvgIpc) is 2.89. The SMILES string of the molecule is CNC1CCC(Nc2nc3c([N+](=O)[O-])cccc3o2)CC1. The summed E-state index contributed by atoms with van der Waals surface area (Å²) < 4.78 is 5.57. The number of anilines is 1. The first-order valence-electron chi connectivity index (χ1n) is 7.15. The zero-order valence-corrected chi connectivity index (χ0v) is 11.8. The van der Waals surface area contributed by atoms with Crippen LogP contribution >= 0.6 is 0 Å². The van der Waals surface area contributed by atoms with Gasteiger partial charge in [-0.05, 0) is 38.8 Å². The molecule has 0 saturated heterocycles. The second kappa shape index (κ2) is 5.69. The topological polar surface area (TPSA) is 93.2 Å². The quantitative estimate of drug-likeness (QED) is 0.664. The molecule has 0 radical (unpaired) electrons. The standard InChI is InChI=1S/C14H18N4O3/c1-15-9-5-7-10(8-6-9)16-14-17-13-11(18(19)20)3-2-4-12(13)21-14/h2-4,9-10,15H,5-8H2,1H3,(H,16,17). The van der Waals surface area contributed by atoms with Crippen molar-refractivity contribution in [3.05, 3.63) is 28.3 Å². The molecule has 0 aliphatic heterocycles. The number of hydrogen-bond acceptors (Lipinski definition) is 6. The predicted molar refractivity (Wildman–Crippen MR) is 79.4 cm³/mol. The number of benzene rings is 1. The summed E-state index contributed by atoms with van der Waals surface area (Å²) in [4.78, 5) is 14.8. The third-order valence-electron chi connectivity index (χ3n) is 4.06. The molecule has 1 heterocycles. The summed E-state index contributed by atoms with van der Waals surface area (Å²) in [6.45, 7) is 0. The van der Waals surface area contributed by atoms with Crippen LogP contribution in [0.3, 0.4) is 0 Å². The minimum Gasteiger partial charge on any atom is -0.423 e. The van der Waals surface area contributed by atoms with E-state index in [9.17, 15) is 10.1 Å². The third-order valence-corrected chi connectivity index (χ3v) is 4.06. The summed E-state index contributed by atoms with van der Waals surface area (Å²) in [5.41, 5.74) is 0.715. The van der Waals surface area contributed by atoms with Crippen LogP contribution < -0.4 is 10.6 Å². The van der Waals surface area contributed by atoms with Gasteiger partial charge < -0.3 is 15.1 Å². The maximum atomic E-state index is 11.0. The van der Waals surface area contributed by atoms with E-state index in [0.29, 0.717) is 29.2 Å². The molecule has 2 aromatic rings. The van der Waals surface area contributed by atoms with E-state index >= 15 is 0 Å². The highest BCUT2D eigenvalue weighted by molar-refractivity contribution is 5.84. The Balaban J connectivity index is 1.76. The van der Waals surface area contributed by atoms with Crippen LogP contribution in [0.15, 0.2) is 22.6 Å². The number of para-hydroxylation sites is 1. The second-order valence-corrected chi connectivity index (χ2v) is 5.38. The van der Waals surface area contributed by atoms with Gasteiger partial charge >= 0.3 is 0 Å². The molecule has 7 nitrogen and oxygen atoms in total. The zero-order chi connectivity index (χ0) is 14.8. The largest absolute Gasteiger partial charge is 0.423 e. The van der Waals surface area contributed by atoms with E-state index in [1.807, 2.05) is 7.05 Å². The summed E-state index contributed by atoms with van der Waals surface area (Å²) in [6.07, 6.45) is 4.28. The lowest BCUT2D eigenvalue weighted by molar-refractivity contribution is -0.383. The number of nitro groups is 1. The number of nitro benzene ring substituents is 1. The lowest BCUT2D eigenvalue weighted by atomic mass is 9.91. The molecular formula is C14H18N4O3. The Bertz CT molecular complexity index is 647. The van der Waals surface area contributed by atoms with E-state index in [2.05, 4.69) is 15.6 Å². The van der Waals surface area contributed by atoms with E-state index in [1.165, 1.54) is 6.07 Å². The van der Waals surface area contributed by atoms with Crippen LogP contribution in [0.25, 0.3) is 11.1 Å².